The van der Waals surface area contributed by atoms with Crippen LogP contribution in [0.4, 0.5) is 0 Å². The lowest BCUT2D eigenvalue weighted by molar-refractivity contribution is -0.121. The number of rotatable bonds is 4. The van der Waals surface area contributed by atoms with Crippen molar-refractivity contribution in [2.24, 2.45) is 17.3 Å². The van der Waals surface area contributed by atoms with Crippen LogP contribution in [0.1, 0.15) is 52.4 Å². The van der Waals surface area contributed by atoms with Crippen molar-refractivity contribution in [1.29, 1.82) is 0 Å². The van der Waals surface area contributed by atoms with Crippen molar-refractivity contribution in [1.82, 2.24) is 4.90 Å². The number of likely N-dealkylation sites (tertiary alicyclic amines) is 1. The van der Waals surface area contributed by atoms with Crippen molar-refractivity contribution >= 4 is 6.41 Å². The first-order valence-corrected chi connectivity index (χ1v) is 6.86. The molecule has 1 aliphatic heterocycles. The Kier molecular flexibility index (Phi) is 3.56. The number of carbonyl (C=O) groups excluding carboxylic acids is 1. The molecule has 1 heterocycles. The number of piperidine rings is 1. The highest BCUT2D eigenvalue weighted by Gasteiger charge is 2.43. The predicted octanol–water partition coefficient (Wildman–Crippen LogP) is 3.07. The smallest absolute Gasteiger partial charge is 0.209 e. The summed E-state index contributed by atoms with van der Waals surface area (Å²) in [7, 11) is 0. The first-order valence-electron chi connectivity index (χ1n) is 6.86. The fourth-order valence-electron chi connectivity index (χ4n) is 3.69. The highest BCUT2D eigenvalue weighted by Crippen LogP contribution is 2.51. The number of amides is 1. The van der Waals surface area contributed by atoms with Gasteiger partial charge in [0, 0.05) is 13.1 Å². The largest absolute Gasteiger partial charge is 0.345 e. The molecular weight excluding hydrogens is 198 g/mol. The molecule has 0 aromatic carbocycles. The van der Waals surface area contributed by atoms with Crippen LogP contribution in [0, 0.1) is 17.3 Å². The van der Waals surface area contributed by atoms with Crippen LogP contribution in [-0.4, -0.2) is 24.4 Å². The van der Waals surface area contributed by atoms with Crippen LogP contribution < -0.4 is 0 Å². The maximum atomic E-state index is 10.8. The van der Waals surface area contributed by atoms with Crippen molar-refractivity contribution in [2.75, 3.05) is 13.1 Å². The van der Waals surface area contributed by atoms with Crippen molar-refractivity contribution in [3.05, 3.63) is 0 Å². The molecule has 1 saturated heterocycles. The standard InChI is InChI=1S/C14H25NO/c1-12(2)10-14(13-4-3-5-13)6-8-15(11-16)9-7-14/h11-13H,3-10H2,1-2H3. The highest BCUT2D eigenvalue weighted by molar-refractivity contribution is 5.47. The van der Waals surface area contributed by atoms with Crippen LogP contribution in [-0.2, 0) is 4.79 Å². The lowest BCUT2D eigenvalue weighted by Crippen LogP contribution is -2.46. The summed E-state index contributed by atoms with van der Waals surface area (Å²) in [5, 5.41) is 0. The molecule has 1 saturated carbocycles. The lowest BCUT2D eigenvalue weighted by Gasteiger charge is -2.50. The van der Waals surface area contributed by atoms with Gasteiger partial charge in [-0.15, -0.1) is 0 Å². The van der Waals surface area contributed by atoms with E-state index in [-0.39, 0.29) is 0 Å². The second kappa shape index (κ2) is 4.77. The summed E-state index contributed by atoms with van der Waals surface area (Å²) in [4.78, 5) is 12.7. The van der Waals surface area contributed by atoms with Crippen LogP contribution in [0.2, 0.25) is 0 Å². The van der Waals surface area contributed by atoms with Gasteiger partial charge in [-0.05, 0) is 49.4 Å². The van der Waals surface area contributed by atoms with Gasteiger partial charge in [0.1, 0.15) is 0 Å². The Bertz CT molecular complexity index is 237. The summed E-state index contributed by atoms with van der Waals surface area (Å²) in [6, 6.07) is 0. The minimum absolute atomic E-state index is 0.575. The van der Waals surface area contributed by atoms with Crippen LogP contribution in [0.15, 0.2) is 0 Å². The number of carbonyl (C=O) groups is 1. The van der Waals surface area contributed by atoms with E-state index in [9.17, 15) is 4.79 Å². The van der Waals surface area contributed by atoms with Gasteiger partial charge in [0.2, 0.25) is 6.41 Å². The van der Waals surface area contributed by atoms with E-state index in [0.717, 1.165) is 31.3 Å². The number of hydrogen-bond acceptors (Lipinski definition) is 1. The number of nitrogens with zero attached hydrogens (tertiary/aromatic N) is 1. The van der Waals surface area contributed by atoms with Gasteiger partial charge in [-0.2, -0.15) is 0 Å². The third-order valence-electron chi connectivity index (χ3n) is 4.73. The first-order chi connectivity index (χ1) is 7.66. The molecule has 0 aromatic rings. The molecule has 16 heavy (non-hydrogen) atoms. The maximum absolute atomic E-state index is 10.8. The predicted molar refractivity (Wildman–Crippen MR) is 66.1 cm³/mol. The van der Waals surface area contributed by atoms with E-state index >= 15 is 0 Å². The molecule has 2 aliphatic rings. The van der Waals surface area contributed by atoms with E-state index in [0.29, 0.717) is 5.41 Å². The summed E-state index contributed by atoms with van der Waals surface area (Å²) in [6.45, 7) is 6.67. The molecule has 2 nitrogen and oxygen atoms in total. The minimum atomic E-state index is 0.575. The molecule has 1 amide bonds. The number of hydrogen-bond donors (Lipinski definition) is 0. The maximum Gasteiger partial charge on any atom is 0.209 e. The zero-order valence-corrected chi connectivity index (χ0v) is 10.7. The van der Waals surface area contributed by atoms with E-state index in [1.54, 1.807) is 0 Å². The Labute approximate surface area is 99.4 Å². The van der Waals surface area contributed by atoms with Gasteiger partial charge in [0.15, 0.2) is 0 Å². The van der Waals surface area contributed by atoms with E-state index in [1.165, 1.54) is 38.5 Å². The third kappa shape index (κ3) is 2.26. The van der Waals surface area contributed by atoms with Gasteiger partial charge in [-0.3, -0.25) is 4.79 Å². The van der Waals surface area contributed by atoms with Crippen LogP contribution in [0.3, 0.4) is 0 Å². The Morgan fingerprint density at radius 3 is 2.31 bits per heavy atom. The first kappa shape index (κ1) is 11.9. The molecule has 2 fully saturated rings. The highest BCUT2D eigenvalue weighted by atomic mass is 16.1. The Balaban J connectivity index is 2.01. The third-order valence-corrected chi connectivity index (χ3v) is 4.73. The zero-order valence-electron chi connectivity index (χ0n) is 10.7. The van der Waals surface area contributed by atoms with Gasteiger partial charge >= 0.3 is 0 Å². The molecule has 1 aliphatic carbocycles. The topological polar surface area (TPSA) is 20.3 Å². The monoisotopic (exact) mass is 223 g/mol. The van der Waals surface area contributed by atoms with Gasteiger partial charge in [-0.25, -0.2) is 0 Å². The summed E-state index contributed by atoms with van der Waals surface area (Å²) < 4.78 is 0. The zero-order chi connectivity index (χ0) is 11.6. The van der Waals surface area contributed by atoms with Gasteiger partial charge in [-0.1, -0.05) is 20.3 Å². The summed E-state index contributed by atoms with van der Waals surface area (Å²) in [5.41, 5.74) is 0.575. The average molecular weight is 223 g/mol. The molecule has 0 radical (unpaired) electrons. The van der Waals surface area contributed by atoms with Gasteiger partial charge in [0.05, 0.1) is 0 Å². The molecule has 0 spiro atoms. The second-order valence-corrected chi connectivity index (χ2v) is 6.23. The van der Waals surface area contributed by atoms with Crippen LogP contribution >= 0.6 is 0 Å². The Hall–Kier alpha value is -0.530. The van der Waals surface area contributed by atoms with Crippen LogP contribution in [0.25, 0.3) is 0 Å². The van der Waals surface area contributed by atoms with Crippen molar-refractivity contribution in [3.8, 4) is 0 Å². The van der Waals surface area contributed by atoms with E-state index in [2.05, 4.69) is 13.8 Å². The quantitative estimate of drug-likeness (QED) is 0.671. The Morgan fingerprint density at radius 1 is 1.31 bits per heavy atom. The van der Waals surface area contributed by atoms with Crippen molar-refractivity contribution in [2.45, 2.75) is 52.4 Å². The molecular formula is C14H25NO. The SMILES string of the molecule is CC(C)CC1(C2CCC2)CCN(C=O)CC1. The van der Waals surface area contributed by atoms with Crippen molar-refractivity contribution < 1.29 is 4.79 Å². The molecule has 2 heteroatoms. The molecule has 0 N–H and O–H groups in total. The van der Waals surface area contributed by atoms with E-state index in [1.807, 2.05) is 4.90 Å². The lowest BCUT2D eigenvalue weighted by atomic mass is 9.58. The minimum Gasteiger partial charge on any atom is -0.345 e. The molecule has 0 aromatic heterocycles. The average Bonchev–Trinajstić information content (AvgIpc) is 2.15. The Morgan fingerprint density at radius 2 is 1.94 bits per heavy atom. The summed E-state index contributed by atoms with van der Waals surface area (Å²) in [5.74, 6) is 1.76. The molecule has 0 bridgehead atoms. The molecule has 2 rings (SSSR count). The van der Waals surface area contributed by atoms with Gasteiger partial charge in [0.25, 0.3) is 0 Å². The molecule has 0 atom stereocenters. The van der Waals surface area contributed by atoms with E-state index < -0.39 is 0 Å². The molecule has 0 unspecified atom stereocenters. The fraction of sp³-hybridized carbons (Fsp3) is 0.929. The van der Waals surface area contributed by atoms with Crippen molar-refractivity contribution in [3.63, 3.8) is 0 Å². The van der Waals surface area contributed by atoms with Crippen LogP contribution in [0.5, 0.6) is 0 Å². The summed E-state index contributed by atoms with van der Waals surface area (Å²) >= 11 is 0. The summed E-state index contributed by atoms with van der Waals surface area (Å²) in [6.07, 6.45) is 9.19. The normalized spacial score (nSPS) is 25.6. The van der Waals surface area contributed by atoms with E-state index in [4.69, 9.17) is 0 Å². The fourth-order valence-corrected chi connectivity index (χ4v) is 3.69. The van der Waals surface area contributed by atoms with Gasteiger partial charge < -0.3 is 4.90 Å². The second-order valence-electron chi connectivity index (χ2n) is 6.23. The molecule has 92 valence electrons.